The summed E-state index contributed by atoms with van der Waals surface area (Å²) in [7, 11) is 0. The first kappa shape index (κ1) is 10.5. The number of anilines is 1. The Labute approximate surface area is 100 Å². The van der Waals surface area contributed by atoms with Crippen LogP contribution in [-0.2, 0) is 0 Å². The SMILES string of the molecule is Cc1cc(C#N)nc(N2C[C@H]3CNC[C@H]3C2)n1. The Morgan fingerprint density at radius 2 is 2.06 bits per heavy atom. The van der Waals surface area contributed by atoms with Gasteiger partial charge in [-0.25, -0.2) is 9.97 Å². The number of fused-ring (bicyclic) bond motifs is 1. The first-order valence-corrected chi connectivity index (χ1v) is 5.97. The van der Waals surface area contributed by atoms with Crippen LogP contribution in [0.3, 0.4) is 0 Å². The van der Waals surface area contributed by atoms with Gasteiger partial charge in [0.1, 0.15) is 11.8 Å². The Bertz CT molecular complexity index is 466. The average Bonchev–Trinajstić information content (AvgIpc) is 2.88. The van der Waals surface area contributed by atoms with E-state index in [4.69, 9.17) is 5.26 Å². The second-order valence-electron chi connectivity index (χ2n) is 4.89. The van der Waals surface area contributed by atoms with E-state index in [1.54, 1.807) is 6.07 Å². The van der Waals surface area contributed by atoms with E-state index in [0.717, 1.165) is 37.8 Å². The third kappa shape index (κ3) is 1.85. The van der Waals surface area contributed by atoms with Crippen LogP contribution in [0.4, 0.5) is 5.95 Å². The van der Waals surface area contributed by atoms with Crippen molar-refractivity contribution in [1.29, 1.82) is 5.26 Å². The normalized spacial score (nSPS) is 26.9. The number of nitrogens with one attached hydrogen (secondary N) is 1. The summed E-state index contributed by atoms with van der Waals surface area (Å²) < 4.78 is 0. The second kappa shape index (κ2) is 3.97. The van der Waals surface area contributed by atoms with Crippen molar-refractivity contribution >= 4 is 5.95 Å². The molecule has 17 heavy (non-hydrogen) atoms. The molecule has 2 fully saturated rings. The predicted octanol–water partition coefficient (Wildman–Crippen LogP) is 0.312. The number of nitriles is 1. The van der Waals surface area contributed by atoms with Crippen molar-refractivity contribution in [1.82, 2.24) is 15.3 Å². The van der Waals surface area contributed by atoms with Gasteiger partial charge in [0.15, 0.2) is 0 Å². The standard InChI is InChI=1S/C12H15N5/c1-8-2-11(3-13)16-12(15-8)17-6-9-4-14-5-10(9)7-17/h2,9-10,14H,4-7H2,1H3/t9-,10+. The smallest absolute Gasteiger partial charge is 0.226 e. The zero-order valence-corrected chi connectivity index (χ0v) is 9.85. The molecule has 3 heterocycles. The van der Waals surface area contributed by atoms with Gasteiger partial charge in [-0.2, -0.15) is 5.26 Å². The van der Waals surface area contributed by atoms with Crippen molar-refractivity contribution in [3.05, 3.63) is 17.5 Å². The average molecular weight is 229 g/mol. The summed E-state index contributed by atoms with van der Waals surface area (Å²) in [6.07, 6.45) is 0. The number of aromatic nitrogens is 2. The van der Waals surface area contributed by atoms with Crippen LogP contribution >= 0.6 is 0 Å². The van der Waals surface area contributed by atoms with Gasteiger partial charge in [0.2, 0.25) is 5.95 Å². The highest BCUT2D eigenvalue weighted by molar-refractivity contribution is 5.37. The number of nitrogens with zero attached hydrogens (tertiary/aromatic N) is 4. The summed E-state index contributed by atoms with van der Waals surface area (Å²) in [4.78, 5) is 10.9. The van der Waals surface area contributed by atoms with E-state index < -0.39 is 0 Å². The van der Waals surface area contributed by atoms with Crippen molar-refractivity contribution in [3.63, 3.8) is 0 Å². The molecule has 0 spiro atoms. The van der Waals surface area contributed by atoms with Gasteiger partial charge in [-0.05, 0) is 24.8 Å². The summed E-state index contributed by atoms with van der Waals surface area (Å²) in [6.45, 7) is 6.11. The monoisotopic (exact) mass is 229 g/mol. The quantitative estimate of drug-likeness (QED) is 0.751. The van der Waals surface area contributed by atoms with Gasteiger partial charge in [-0.15, -0.1) is 0 Å². The summed E-state index contributed by atoms with van der Waals surface area (Å²) in [5, 5.41) is 12.3. The number of hydrogen-bond acceptors (Lipinski definition) is 5. The maximum absolute atomic E-state index is 8.92. The van der Waals surface area contributed by atoms with Crippen LogP contribution in [0.1, 0.15) is 11.4 Å². The Morgan fingerprint density at radius 1 is 1.35 bits per heavy atom. The molecule has 88 valence electrons. The van der Waals surface area contributed by atoms with Crippen LogP contribution in [-0.4, -0.2) is 36.1 Å². The highest BCUT2D eigenvalue weighted by Crippen LogP contribution is 2.28. The maximum Gasteiger partial charge on any atom is 0.226 e. The highest BCUT2D eigenvalue weighted by Gasteiger charge is 2.37. The molecule has 2 atom stereocenters. The van der Waals surface area contributed by atoms with Crippen molar-refractivity contribution in [2.24, 2.45) is 11.8 Å². The van der Waals surface area contributed by atoms with Crippen LogP contribution < -0.4 is 10.2 Å². The summed E-state index contributed by atoms with van der Waals surface area (Å²) in [5.41, 5.74) is 1.32. The topological polar surface area (TPSA) is 64.8 Å². The molecule has 1 aromatic heterocycles. The predicted molar refractivity (Wildman–Crippen MR) is 63.5 cm³/mol. The second-order valence-corrected chi connectivity index (χ2v) is 4.89. The molecule has 2 aliphatic heterocycles. The van der Waals surface area contributed by atoms with Crippen LogP contribution in [0.15, 0.2) is 6.07 Å². The van der Waals surface area contributed by atoms with E-state index in [9.17, 15) is 0 Å². The van der Waals surface area contributed by atoms with E-state index in [1.165, 1.54) is 0 Å². The molecule has 1 N–H and O–H groups in total. The molecule has 0 saturated carbocycles. The minimum absolute atomic E-state index is 0.461. The molecule has 0 amide bonds. The molecule has 5 nitrogen and oxygen atoms in total. The minimum Gasteiger partial charge on any atom is -0.340 e. The Kier molecular flexibility index (Phi) is 2.45. The first-order valence-electron chi connectivity index (χ1n) is 5.97. The molecule has 1 aromatic rings. The van der Waals surface area contributed by atoms with Crippen molar-refractivity contribution in [2.75, 3.05) is 31.1 Å². The largest absolute Gasteiger partial charge is 0.340 e. The molecule has 0 aliphatic carbocycles. The van der Waals surface area contributed by atoms with Gasteiger partial charge < -0.3 is 10.2 Å². The summed E-state index contributed by atoms with van der Waals surface area (Å²) >= 11 is 0. The Hall–Kier alpha value is -1.67. The zero-order valence-electron chi connectivity index (χ0n) is 9.85. The van der Waals surface area contributed by atoms with Crippen molar-refractivity contribution in [3.8, 4) is 6.07 Å². The lowest BCUT2D eigenvalue weighted by atomic mass is 10.0. The fraction of sp³-hybridized carbons (Fsp3) is 0.583. The van der Waals surface area contributed by atoms with Gasteiger partial charge in [0.05, 0.1) is 0 Å². The minimum atomic E-state index is 0.461. The van der Waals surface area contributed by atoms with Gasteiger partial charge in [0, 0.05) is 31.9 Å². The van der Waals surface area contributed by atoms with Crippen LogP contribution in [0.25, 0.3) is 0 Å². The Balaban J connectivity index is 1.86. The lowest BCUT2D eigenvalue weighted by Crippen LogP contribution is -2.27. The third-order valence-corrected chi connectivity index (χ3v) is 3.63. The summed E-state index contributed by atoms with van der Waals surface area (Å²) in [5.74, 6) is 2.14. The third-order valence-electron chi connectivity index (χ3n) is 3.63. The fourth-order valence-electron chi connectivity index (χ4n) is 2.77. The van der Waals surface area contributed by atoms with Gasteiger partial charge in [-0.3, -0.25) is 0 Å². The van der Waals surface area contributed by atoms with E-state index in [2.05, 4.69) is 26.3 Å². The number of hydrogen-bond donors (Lipinski definition) is 1. The van der Waals surface area contributed by atoms with Gasteiger partial charge in [0.25, 0.3) is 0 Å². The summed E-state index contributed by atoms with van der Waals surface area (Å²) in [6, 6.07) is 3.82. The molecule has 0 unspecified atom stereocenters. The lowest BCUT2D eigenvalue weighted by molar-refractivity contribution is 0.533. The molecule has 5 heteroatoms. The lowest BCUT2D eigenvalue weighted by Gasteiger charge is -2.17. The van der Waals surface area contributed by atoms with Crippen molar-refractivity contribution in [2.45, 2.75) is 6.92 Å². The van der Waals surface area contributed by atoms with E-state index in [1.807, 2.05) is 6.92 Å². The van der Waals surface area contributed by atoms with Gasteiger partial charge >= 0.3 is 0 Å². The maximum atomic E-state index is 8.92. The van der Waals surface area contributed by atoms with Gasteiger partial charge in [-0.1, -0.05) is 0 Å². The van der Waals surface area contributed by atoms with E-state index in [-0.39, 0.29) is 0 Å². The first-order chi connectivity index (χ1) is 8.26. The molecular formula is C12H15N5. The molecule has 3 rings (SSSR count). The molecule has 0 radical (unpaired) electrons. The van der Waals surface area contributed by atoms with E-state index in [0.29, 0.717) is 17.5 Å². The Morgan fingerprint density at radius 3 is 2.71 bits per heavy atom. The molecule has 2 saturated heterocycles. The molecule has 0 aromatic carbocycles. The van der Waals surface area contributed by atoms with E-state index >= 15 is 0 Å². The molecule has 2 aliphatic rings. The molecule has 0 bridgehead atoms. The van der Waals surface area contributed by atoms with Crippen molar-refractivity contribution < 1.29 is 0 Å². The van der Waals surface area contributed by atoms with Crippen LogP contribution in [0.2, 0.25) is 0 Å². The zero-order chi connectivity index (χ0) is 11.8. The fourth-order valence-corrected chi connectivity index (χ4v) is 2.77. The number of aryl methyl sites for hydroxylation is 1. The number of rotatable bonds is 1. The van der Waals surface area contributed by atoms with Crippen LogP contribution in [0, 0.1) is 30.1 Å². The highest BCUT2D eigenvalue weighted by atomic mass is 15.3. The molecular weight excluding hydrogens is 214 g/mol. The van der Waals surface area contributed by atoms with Crippen LogP contribution in [0.5, 0.6) is 0 Å².